The molecule has 1 aliphatic heterocycles. The topological polar surface area (TPSA) is 87.2 Å². The van der Waals surface area contributed by atoms with Crippen LogP contribution in [0.2, 0.25) is 5.02 Å². The average Bonchev–Trinajstić information content (AvgIpc) is 2.75. The van der Waals surface area contributed by atoms with Crippen LogP contribution in [0.3, 0.4) is 0 Å². The SMILES string of the molecule is C[C@@H]1CN(Cc2ccc(F)cc2)[C@@H](C)CN1C(=O)COc1ccc(Cl)cc1C(C)(C)S(=O)(=O)O. The van der Waals surface area contributed by atoms with E-state index in [2.05, 4.69) is 4.90 Å². The molecular weight excluding hydrogens is 483 g/mol. The van der Waals surface area contributed by atoms with E-state index >= 15 is 0 Å². The van der Waals surface area contributed by atoms with Crippen molar-refractivity contribution in [3.05, 3.63) is 64.4 Å². The Hall–Kier alpha value is -2.20. The predicted octanol–water partition coefficient (Wildman–Crippen LogP) is 4.10. The van der Waals surface area contributed by atoms with Crippen molar-refractivity contribution < 1.29 is 26.9 Å². The highest BCUT2D eigenvalue weighted by Crippen LogP contribution is 2.37. The predicted molar refractivity (Wildman–Crippen MR) is 129 cm³/mol. The third-order valence-corrected chi connectivity index (χ3v) is 8.07. The lowest BCUT2D eigenvalue weighted by molar-refractivity contribution is -0.139. The van der Waals surface area contributed by atoms with Gasteiger partial charge in [0.1, 0.15) is 16.3 Å². The normalized spacial score (nSPS) is 19.8. The van der Waals surface area contributed by atoms with Crippen LogP contribution in [0.1, 0.15) is 38.8 Å². The number of hydrogen-bond acceptors (Lipinski definition) is 5. The molecule has 2 aromatic carbocycles. The maximum Gasteiger partial charge on any atom is 0.274 e. The van der Waals surface area contributed by atoms with Gasteiger partial charge in [-0.3, -0.25) is 14.2 Å². The van der Waals surface area contributed by atoms with E-state index in [-0.39, 0.29) is 46.8 Å². The Morgan fingerprint density at radius 1 is 1.15 bits per heavy atom. The molecule has 1 fully saturated rings. The van der Waals surface area contributed by atoms with Gasteiger partial charge >= 0.3 is 0 Å². The van der Waals surface area contributed by atoms with E-state index in [9.17, 15) is 22.2 Å². The maximum atomic E-state index is 13.2. The summed E-state index contributed by atoms with van der Waals surface area (Å²) in [6, 6.07) is 10.8. The smallest absolute Gasteiger partial charge is 0.274 e. The van der Waals surface area contributed by atoms with Crippen LogP contribution in [0.5, 0.6) is 5.75 Å². The van der Waals surface area contributed by atoms with Gasteiger partial charge in [-0.25, -0.2) is 4.39 Å². The van der Waals surface area contributed by atoms with E-state index in [4.69, 9.17) is 16.3 Å². The highest BCUT2D eigenvalue weighted by Gasteiger charge is 2.38. The molecule has 0 aromatic heterocycles. The van der Waals surface area contributed by atoms with E-state index in [0.29, 0.717) is 19.6 Å². The van der Waals surface area contributed by atoms with Crippen molar-refractivity contribution in [3.8, 4) is 5.75 Å². The first-order chi connectivity index (χ1) is 15.8. The Balaban J connectivity index is 1.68. The van der Waals surface area contributed by atoms with E-state index in [1.165, 1.54) is 44.2 Å². The van der Waals surface area contributed by atoms with Crippen molar-refractivity contribution >= 4 is 27.6 Å². The van der Waals surface area contributed by atoms with E-state index in [0.717, 1.165) is 5.56 Å². The van der Waals surface area contributed by atoms with Gasteiger partial charge in [0.25, 0.3) is 16.0 Å². The standard InChI is InChI=1S/C24H30ClFN2O5S/c1-16-13-28(17(2)12-27(16)14-18-5-8-20(26)9-6-18)23(29)15-33-22-10-7-19(25)11-21(22)24(3,4)34(30,31)32/h5-11,16-17H,12-15H2,1-4H3,(H,30,31,32)/t16-,17+/m0/s1. The van der Waals surface area contributed by atoms with Crippen LogP contribution < -0.4 is 4.74 Å². The van der Waals surface area contributed by atoms with E-state index in [1.54, 1.807) is 17.0 Å². The number of carbonyl (C=O) groups is 1. The molecule has 1 heterocycles. The molecule has 0 saturated carbocycles. The first-order valence-corrected chi connectivity index (χ1v) is 12.8. The van der Waals surface area contributed by atoms with Crippen LogP contribution >= 0.6 is 11.6 Å². The Morgan fingerprint density at radius 2 is 1.79 bits per heavy atom. The lowest BCUT2D eigenvalue weighted by Gasteiger charge is -2.44. The van der Waals surface area contributed by atoms with Crippen molar-refractivity contribution in [1.82, 2.24) is 9.80 Å². The highest BCUT2D eigenvalue weighted by molar-refractivity contribution is 7.86. The van der Waals surface area contributed by atoms with Crippen LogP contribution in [-0.4, -0.2) is 60.5 Å². The van der Waals surface area contributed by atoms with Gasteiger partial charge in [0, 0.05) is 42.3 Å². The summed E-state index contributed by atoms with van der Waals surface area (Å²) in [5, 5.41) is 0.283. The molecule has 0 bridgehead atoms. The van der Waals surface area contributed by atoms with Crippen LogP contribution in [0.15, 0.2) is 42.5 Å². The molecule has 0 radical (unpaired) electrons. The second-order valence-electron chi connectivity index (χ2n) is 9.21. The first kappa shape index (κ1) is 26.4. The lowest BCUT2D eigenvalue weighted by Crippen LogP contribution is -2.58. The molecule has 1 saturated heterocycles. The summed E-state index contributed by atoms with van der Waals surface area (Å²) in [6.07, 6.45) is 0. The molecule has 1 aliphatic rings. The number of ether oxygens (including phenoxy) is 1. The molecule has 0 spiro atoms. The summed E-state index contributed by atoms with van der Waals surface area (Å²) in [5.41, 5.74) is 1.17. The molecule has 10 heteroatoms. The van der Waals surface area contributed by atoms with Gasteiger partial charge in [-0.15, -0.1) is 0 Å². The van der Waals surface area contributed by atoms with Gasteiger partial charge in [-0.2, -0.15) is 8.42 Å². The van der Waals surface area contributed by atoms with Crippen LogP contribution in [0.25, 0.3) is 0 Å². The van der Waals surface area contributed by atoms with Crippen molar-refractivity contribution in [1.29, 1.82) is 0 Å². The molecule has 1 amide bonds. The Bertz CT molecular complexity index is 1140. The number of rotatable bonds is 7. The molecule has 1 N–H and O–H groups in total. The second kappa shape index (κ2) is 10.2. The molecule has 0 unspecified atom stereocenters. The molecule has 34 heavy (non-hydrogen) atoms. The fourth-order valence-corrected chi connectivity index (χ4v) is 4.66. The molecule has 3 rings (SSSR count). The van der Waals surface area contributed by atoms with Crippen LogP contribution in [0.4, 0.5) is 4.39 Å². The lowest BCUT2D eigenvalue weighted by atomic mass is 10.0. The van der Waals surface area contributed by atoms with Crippen molar-refractivity contribution in [2.24, 2.45) is 0 Å². The zero-order valence-electron chi connectivity index (χ0n) is 19.7. The third-order valence-electron chi connectivity index (χ3n) is 6.32. The Morgan fingerprint density at radius 3 is 2.41 bits per heavy atom. The monoisotopic (exact) mass is 512 g/mol. The van der Waals surface area contributed by atoms with Crippen LogP contribution in [0, 0.1) is 5.82 Å². The maximum absolute atomic E-state index is 13.2. The molecule has 186 valence electrons. The largest absolute Gasteiger partial charge is 0.483 e. The van der Waals surface area contributed by atoms with Crippen molar-refractivity contribution in [2.45, 2.75) is 51.1 Å². The van der Waals surface area contributed by atoms with E-state index in [1.807, 2.05) is 13.8 Å². The number of piperazine rings is 1. The summed E-state index contributed by atoms with van der Waals surface area (Å²) in [4.78, 5) is 17.0. The zero-order chi connectivity index (χ0) is 25.3. The summed E-state index contributed by atoms with van der Waals surface area (Å²) in [5.74, 6) is -0.341. The van der Waals surface area contributed by atoms with Gasteiger partial charge in [0.15, 0.2) is 6.61 Å². The summed E-state index contributed by atoms with van der Waals surface area (Å²) >= 11 is 6.04. The minimum atomic E-state index is -4.46. The Labute approximate surface area is 205 Å². The van der Waals surface area contributed by atoms with E-state index < -0.39 is 14.9 Å². The van der Waals surface area contributed by atoms with Crippen LogP contribution in [-0.2, 0) is 26.2 Å². The summed E-state index contributed by atoms with van der Waals surface area (Å²) < 4.78 is 50.8. The van der Waals surface area contributed by atoms with Gasteiger partial charge < -0.3 is 9.64 Å². The quantitative estimate of drug-likeness (QED) is 0.562. The first-order valence-electron chi connectivity index (χ1n) is 11.0. The average molecular weight is 513 g/mol. The van der Waals surface area contributed by atoms with Gasteiger partial charge in [0.2, 0.25) is 0 Å². The minimum Gasteiger partial charge on any atom is -0.483 e. The number of hydrogen-bond donors (Lipinski definition) is 1. The molecular formula is C24H30ClFN2O5S. The molecule has 7 nitrogen and oxygen atoms in total. The number of benzene rings is 2. The number of amides is 1. The summed E-state index contributed by atoms with van der Waals surface area (Å²) in [7, 11) is -4.46. The van der Waals surface area contributed by atoms with Crippen molar-refractivity contribution in [3.63, 3.8) is 0 Å². The fraction of sp³-hybridized carbons (Fsp3) is 0.458. The van der Waals surface area contributed by atoms with Gasteiger partial charge in [-0.1, -0.05) is 23.7 Å². The zero-order valence-corrected chi connectivity index (χ0v) is 21.2. The van der Waals surface area contributed by atoms with Crippen molar-refractivity contribution in [2.75, 3.05) is 19.7 Å². The molecule has 0 aliphatic carbocycles. The molecule has 2 atom stereocenters. The number of halogens is 2. The summed E-state index contributed by atoms with van der Waals surface area (Å²) in [6.45, 7) is 8.17. The minimum absolute atomic E-state index is 0.0771. The molecule has 2 aromatic rings. The number of carbonyl (C=O) groups excluding carboxylic acids is 1. The highest BCUT2D eigenvalue weighted by atomic mass is 35.5. The second-order valence-corrected chi connectivity index (χ2v) is 11.6. The Kier molecular flexibility index (Phi) is 7.92. The third kappa shape index (κ3) is 5.89. The fourth-order valence-electron chi connectivity index (χ4n) is 4.05. The van der Waals surface area contributed by atoms with Gasteiger partial charge in [0.05, 0.1) is 0 Å². The number of nitrogens with zero attached hydrogens (tertiary/aromatic N) is 2. The van der Waals surface area contributed by atoms with Gasteiger partial charge in [-0.05, 0) is 63.6 Å².